The summed E-state index contributed by atoms with van der Waals surface area (Å²) in [7, 11) is 0. The number of halogens is 1. The van der Waals surface area contributed by atoms with Crippen molar-refractivity contribution in [2.75, 3.05) is 5.32 Å². The molecule has 2 aromatic rings. The van der Waals surface area contributed by atoms with Crippen molar-refractivity contribution >= 4 is 17.6 Å². The van der Waals surface area contributed by atoms with Gasteiger partial charge in [0.15, 0.2) is 0 Å². The Balaban J connectivity index is 1.98. The minimum Gasteiger partial charge on any atom is -0.331 e. The maximum atomic E-state index is 13.5. The zero-order chi connectivity index (χ0) is 16.8. The lowest BCUT2D eigenvalue weighted by Crippen LogP contribution is -2.31. The minimum atomic E-state index is -0.616. The Morgan fingerprint density at radius 2 is 1.74 bits per heavy atom. The smallest absolute Gasteiger partial charge is 0.319 e. The normalized spacial score (nSPS) is 11.4. The lowest BCUT2D eigenvalue weighted by atomic mass is 10.1. The summed E-state index contributed by atoms with van der Waals surface area (Å²) in [6.45, 7) is 1.75. The number of rotatable bonds is 4. The van der Waals surface area contributed by atoms with Gasteiger partial charge in [0.1, 0.15) is 5.82 Å². The number of benzene rings is 2. The third-order valence-corrected chi connectivity index (χ3v) is 3.24. The largest absolute Gasteiger partial charge is 0.331 e. The number of hydroxylamine groups is 1. The van der Waals surface area contributed by atoms with Crippen molar-refractivity contribution in [3.05, 3.63) is 65.5 Å². The molecule has 1 atom stereocenters. The van der Waals surface area contributed by atoms with Crippen LogP contribution in [0.1, 0.15) is 28.9 Å². The maximum Gasteiger partial charge on any atom is 0.319 e. The predicted molar refractivity (Wildman–Crippen MR) is 82.7 cm³/mol. The molecule has 0 aliphatic rings. The highest BCUT2D eigenvalue weighted by atomic mass is 19.1. The van der Waals surface area contributed by atoms with Crippen LogP contribution in [0.4, 0.5) is 14.9 Å². The number of para-hydroxylation sites is 1. The van der Waals surface area contributed by atoms with Crippen LogP contribution in [0.5, 0.6) is 0 Å². The Bertz CT molecular complexity index is 704. The van der Waals surface area contributed by atoms with Gasteiger partial charge in [-0.1, -0.05) is 24.3 Å². The molecule has 0 fully saturated rings. The molecule has 0 saturated heterocycles. The van der Waals surface area contributed by atoms with E-state index in [1.165, 1.54) is 30.3 Å². The summed E-state index contributed by atoms with van der Waals surface area (Å²) >= 11 is 0. The van der Waals surface area contributed by atoms with Crippen LogP contribution >= 0.6 is 0 Å². The van der Waals surface area contributed by atoms with Crippen LogP contribution in [-0.2, 0) is 0 Å². The second-order valence-electron chi connectivity index (χ2n) is 4.86. The van der Waals surface area contributed by atoms with Crippen LogP contribution in [0.3, 0.4) is 0 Å². The Morgan fingerprint density at radius 1 is 1.09 bits per heavy atom. The van der Waals surface area contributed by atoms with Gasteiger partial charge < -0.3 is 10.6 Å². The first-order valence-electron chi connectivity index (χ1n) is 6.87. The molecule has 0 aliphatic heterocycles. The first-order valence-corrected chi connectivity index (χ1v) is 6.87. The highest BCUT2D eigenvalue weighted by molar-refractivity contribution is 5.93. The number of nitrogens with one attached hydrogen (secondary N) is 3. The van der Waals surface area contributed by atoms with Crippen molar-refractivity contribution in [3.63, 3.8) is 0 Å². The van der Waals surface area contributed by atoms with Gasteiger partial charge in [-0.15, -0.1) is 0 Å². The van der Waals surface area contributed by atoms with Gasteiger partial charge in [-0.25, -0.2) is 14.7 Å². The molecule has 0 spiro atoms. The van der Waals surface area contributed by atoms with Crippen LogP contribution in [0, 0.1) is 5.82 Å². The van der Waals surface area contributed by atoms with Crippen molar-refractivity contribution in [1.29, 1.82) is 0 Å². The van der Waals surface area contributed by atoms with E-state index in [-0.39, 0.29) is 11.7 Å². The van der Waals surface area contributed by atoms with E-state index in [1.807, 2.05) is 0 Å². The summed E-state index contributed by atoms with van der Waals surface area (Å²) in [5.41, 5.74) is 2.67. The van der Waals surface area contributed by atoms with E-state index in [2.05, 4.69) is 10.6 Å². The molecule has 2 aromatic carbocycles. The second kappa shape index (κ2) is 7.37. The summed E-state index contributed by atoms with van der Waals surface area (Å²) < 4.78 is 13.5. The lowest BCUT2D eigenvalue weighted by molar-refractivity contribution is 0.0706. The quantitative estimate of drug-likeness (QED) is 0.516. The third-order valence-electron chi connectivity index (χ3n) is 3.24. The van der Waals surface area contributed by atoms with Crippen LogP contribution in [-0.4, -0.2) is 17.1 Å². The first kappa shape index (κ1) is 16.4. The summed E-state index contributed by atoms with van der Waals surface area (Å²) in [6, 6.07) is 11.3. The maximum absolute atomic E-state index is 13.5. The number of amides is 3. The van der Waals surface area contributed by atoms with Gasteiger partial charge in [-0.05, 0) is 36.8 Å². The molecule has 23 heavy (non-hydrogen) atoms. The van der Waals surface area contributed by atoms with Crippen LogP contribution in [0.15, 0.2) is 48.5 Å². The SMILES string of the molecule is CC(NC(=O)Nc1ccccc1F)c1ccc(C(=O)NO)cc1. The zero-order valence-corrected chi connectivity index (χ0v) is 12.3. The molecular weight excluding hydrogens is 301 g/mol. The minimum absolute atomic E-state index is 0.0900. The average Bonchev–Trinajstić information content (AvgIpc) is 2.56. The van der Waals surface area contributed by atoms with Gasteiger partial charge in [0.25, 0.3) is 5.91 Å². The van der Waals surface area contributed by atoms with Gasteiger partial charge in [0.2, 0.25) is 0 Å². The fraction of sp³-hybridized carbons (Fsp3) is 0.125. The monoisotopic (exact) mass is 317 g/mol. The number of hydrogen-bond donors (Lipinski definition) is 4. The van der Waals surface area contributed by atoms with Crippen molar-refractivity contribution in [3.8, 4) is 0 Å². The molecule has 0 aliphatic carbocycles. The molecule has 0 heterocycles. The number of carbonyl (C=O) groups is 2. The van der Waals surface area contributed by atoms with Crippen molar-refractivity contribution in [2.45, 2.75) is 13.0 Å². The van der Waals surface area contributed by atoms with Gasteiger partial charge in [-0.2, -0.15) is 0 Å². The van der Waals surface area contributed by atoms with Crippen LogP contribution in [0.2, 0.25) is 0 Å². The number of anilines is 1. The summed E-state index contributed by atoms with van der Waals surface area (Å²) in [5.74, 6) is -1.14. The molecule has 2 rings (SSSR count). The Kier molecular flexibility index (Phi) is 5.27. The molecule has 7 heteroatoms. The molecule has 4 N–H and O–H groups in total. The number of urea groups is 1. The topological polar surface area (TPSA) is 90.5 Å². The van der Waals surface area contributed by atoms with E-state index in [4.69, 9.17) is 5.21 Å². The highest BCUT2D eigenvalue weighted by Gasteiger charge is 2.12. The predicted octanol–water partition coefficient (Wildman–Crippen LogP) is 2.83. The molecule has 120 valence electrons. The third kappa shape index (κ3) is 4.27. The van der Waals surface area contributed by atoms with E-state index in [9.17, 15) is 14.0 Å². The Labute approximate surface area is 132 Å². The average molecular weight is 317 g/mol. The second-order valence-corrected chi connectivity index (χ2v) is 4.86. The Hall–Kier alpha value is -2.93. The van der Waals surface area contributed by atoms with Gasteiger partial charge in [-0.3, -0.25) is 10.0 Å². The van der Waals surface area contributed by atoms with Gasteiger partial charge in [0, 0.05) is 5.56 Å². The first-order chi connectivity index (χ1) is 11.0. The molecule has 0 radical (unpaired) electrons. The van der Waals surface area contributed by atoms with E-state index >= 15 is 0 Å². The summed E-state index contributed by atoms with van der Waals surface area (Å²) in [6.07, 6.45) is 0. The zero-order valence-electron chi connectivity index (χ0n) is 12.3. The molecule has 0 bridgehead atoms. The van der Waals surface area contributed by atoms with E-state index in [0.717, 1.165) is 5.56 Å². The van der Waals surface area contributed by atoms with E-state index < -0.39 is 17.8 Å². The number of hydrogen-bond acceptors (Lipinski definition) is 3. The van der Waals surface area contributed by atoms with E-state index in [1.54, 1.807) is 30.6 Å². The van der Waals surface area contributed by atoms with Crippen molar-refractivity contribution in [1.82, 2.24) is 10.8 Å². The molecule has 6 nitrogen and oxygen atoms in total. The highest BCUT2D eigenvalue weighted by Crippen LogP contribution is 2.15. The Morgan fingerprint density at radius 3 is 2.35 bits per heavy atom. The lowest BCUT2D eigenvalue weighted by Gasteiger charge is -2.15. The molecule has 0 saturated carbocycles. The molecule has 0 aromatic heterocycles. The van der Waals surface area contributed by atoms with Crippen LogP contribution in [0.25, 0.3) is 0 Å². The summed E-state index contributed by atoms with van der Waals surface area (Å²) in [5, 5.41) is 13.6. The molecular formula is C16H16FN3O3. The van der Waals surface area contributed by atoms with E-state index in [0.29, 0.717) is 5.56 Å². The molecule has 1 unspecified atom stereocenters. The fourth-order valence-electron chi connectivity index (χ4n) is 1.99. The van der Waals surface area contributed by atoms with Crippen molar-refractivity contribution < 1.29 is 19.2 Å². The van der Waals surface area contributed by atoms with Gasteiger partial charge >= 0.3 is 6.03 Å². The van der Waals surface area contributed by atoms with Crippen LogP contribution < -0.4 is 16.1 Å². The fourth-order valence-corrected chi connectivity index (χ4v) is 1.99. The number of carbonyl (C=O) groups excluding carboxylic acids is 2. The van der Waals surface area contributed by atoms with Crippen molar-refractivity contribution in [2.24, 2.45) is 0 Å². The van der Waals surface area contributed by atoms with Gasteiger partial charge in [0.05, 0.1) is 11.7 Å². The molecule has 3 amide bonds. The summed E-state index contributed by atoms with van der Waals surface area (Å²) in [4.78, 5) is 23.1. The standard InChI is InChI=1S/C16H16FN3O3/c1-10(11-6-8-12(9-7-11)15(21)20-23)18-16(22)19-14-5-3-2-4-13(14)17/h2-10,23H,1H3,(H,20,21)(H2,18,19,22).